The summed E-state index contributed by atoms with van der Waals surface area (Å²) in [6.45, 7) is 10.6. The Morgan fingerprint density at radius 2 is 1.77 bits per heavy atom. The average molecular weight is 422 g/mol. The van der Waals surface area contributed by atoms with E-state index in [4.69, 9.17) is 0 Å². The second-order valence-electron chi connectivity index (χ2n) is 8.69. The van der Waals surface area contributed by atoms with E-state index in [1.807, 2.05) is 33.8 Å². The van der Waals surface area contributed by atoms with Crippen LogP contribution in [0.25, 0.3) is 0 Å². The maximum absolute atomic E-state index is 12.8. The van der Waals surface area contributed by atoms with Crippen molar-refractivity contribution in [3.05, 3.63) is 58.7 Å². The fourth-order valence-electron chi connectivity index (χ4n) is 3.98. The van der Waals surface area contributed by atoms with Crippen LogP contribution in [0.2, 0.25) is 0 Å². The van der Waals surface area contributed by atoms with Gasteiger partial charge in [0.25, 0.3) is 0 Å². The van der Waals surface area contributed by atoms with Crippen LogP contribution in [0.1, 0.15) is 42.5 Å². The zero-order valence-electron chi connectivity index (χ0n) is 18.9. The topological polar surface area (TPSA) is 78.5 Å². The molecule has 3 rings (SSSR count). The molecule has 0 aliphatic carbocycles. The molecule has 1 heterocycles. The molecule has 0 saturated carbocycles. The normalized spacial score (nSPS) is 16.0. The maximum atomic E-state index is 12.8. The molecule has 1 aliphatic rings. The first-order chi connectivity index (χ1) is 14.7. The van der Waals surface area contributed by atoms with Crippen molar-refractivity contribution in [2.45, 2.75) is 47.6 Å². The van der Waals surface area contributed by atoms with Gasteiger partial charge in [0.1, 0.15) is 0 Å². The van der Waals surface area contributed by atoms with E-state index >= 15 is 0 Å². The number of carbonyl (C=O) groups excluding carboxylic acids is 3. The lowest BCUT2D eigenvalue weighted by Gasteiger charge is -2.18. The third-order valence-electron chi connectivity index (χ3n) is 5.73. The molecule has 0 aromatic heterocycles. The van der Waals surface area contributed by atoms with E-state index < -0.39 is 5.92 Å². The van der Waals surface area contributed by atoms with Crippen molar-refractivity contribution < 1.29 is 14.4 Å². The molecule has 2 N–H and O–H groups in total. The molecule has 2 aromatic carbocycles. The number of carbonyl (C=O) groups is 3. The third-order valence-corrected chi connectivity index (χ3v) is 5.73. The lowest BCUT2D eigenvalue weighted by molar-refractivity contribution is -0.126. The molecule has 3 amide bonds. The van der Waals surface area contributed by atoms with Crippen molar-refractivity contribution in [3.8, 4) is 0 Å². The Bertz CT molecular complexity index is 990. The van der Waals surface area contributed by atoms with E-state index in [0.29, 0.717) is 24.5 Å². The smallest absolute Gasteiger partial charge is 0.227 e. The minimum absolute atomic E-state index is 0.0798. The van der Waals surface area contributed by atoms with Crippen LogP contribution in [-0.4, -0.2) is 24.3 Å². The Labute approximate surface area is 184 Å². The Balaban J connectivity index is 1.65. The second kappa shape index (κ2) is 9.33. The second-order valence-corrected chi connectivity index (χ2v) is 8.69. The Hall–Kier alpha value is -3.15. The minimum atomic E-state index is -0.396. The van der Waals surface area contributed by atoms with E-state index in [9.17, 15) is 14.4 Å². The van der Waals surface area contributed by atoms with Crippen molar-refractivity contribution >= 4 is 29.1 Å². The number of hydrogen-bond donors (Lipinski definition) is 2. The number of aryl methyl sites for hydroxylation is 3. The molecule has 6 nitrogen and oxygen atoms in total. The Kier molecular flexibility index (Phi) is 6.78. The van der Waals surface area contributed by atoms with Crippen LogP contribution in [-0.2, 0) is 20.9 Å². The maximum Gasteiger partial charge on any atom is 0.227 e. The van der Waals surface area contributed by atoms with Crippen molar-refractivity contribution in [1.29, 1.82) is 0 Å². The Morgan fingerprint density at radius 3 is 2.42 bits per heavy atom. The summed E-state index contributed by atoms with van der Waals surface area (Å²) in [6.07, 6.45) is 0.181. The van der Waals surface area contributed by atoms with Gasteiger partial charge in [0.2, 0.25) is 17.7 Å². The lowest BCUT2D eigenvalue weighted by atomic mass is 9.99. The molecule has 31 heavy (non-hydrogen) atoms. The molecule has 1 saturated heterocycles. The van der Waals surface area contributed by atoms with Crippen molar-refractivity contribution in [2.24, 2.45) is 11.8 Å². The summed E-state index contributed by atoms with van der Waals surface area (Å²) >= 11 is 0. The van der Waals surface area contributed by atoms with Gasteiger partial charge in [0.05, 0.1) is 5.92 Å². The van der Waals surface area contributed by atoms with Crippen LogP contribution in [0.5, 0.6) is 0 Å². The van der Waals surface area contributed by atoms with Crippen molar-refractivity contribution in [1.82, 2.24) is 5.32 Å². The van der Waals surface area contributed by atoms with Gasteiger partial charge in [-0.15, -0.1) is 0 Å². The van der Waals surface area contributed by atoms with E-state index in [2.05, 4.69) is 29.7 Å². The largest absolute Gasteiger partial charge is 0.352 e. The van der Waals surface area contributed by atoms with Gasteiger partial charge in [0, 0.05) is 36.8 Å². The molecule has 1 aliphatic heterocycles. The monoisotopic (exact) mass is 421 g/mol. The summed E-state index contributed by atoms with van der Waals surface area (Å²) in [6, 6.07) is 11.4. The van der Waals surface area contributed by atoms with Crippen LogP contribution < -0.4 is 15.5 Å². The first-order valence-corrected chi connectivity index (χ1v) is 10.7. The first-order valence-electron chi connectivity index (χ1n) is 10.7. The van der Waals surface area contributed by atoms with E-state index in [0.717, 1.165) is 16.7 Å². The fourth-order valence-corrected chi connectivity index (χ4v) is 3.98. The summed E-state index contributed by atoms with van der Waals surface area (Å²) in [4.78, 5) is 39.0. The molecule has 0 unspecified atom stereocenters. The summed E-state index contributed by atoms with van der Waals surface area (Å²) in [5.74, 6) is -0.808. The predicted octanol–water partition coefficient (Wildman–Crippen LogP) is 3.88. The molecule has 0 bridgehead atoms. The lowest BCUT2D eigenvalue weighted by Crippen LogP contribution is -2.33. The molecule has 0 radical (unpaired) electrons. The van der Waals surface area contributed by atoms with Gasteiger partial charge >= 0.3 is 0 Å². The highest BCUT2D eigenvalue weighted by molar-refractivity contribution is 6.01. The highest BCUT2D eigenvalue weighted by Gasteiger charge is 2.35. The standard InChI is InChI=1S/C25H31N3O3/c1-15(2)24(30)27-20-7-6-8-21(12-20)28-14-19(11-23(28)29)25(31)26-13-22-17(4)9-16(3)10-18(22)5/h6-10,12,15,19H,11,13-14H2,1-5H3,(H,26,31)(H,27,30)/t19-/m0/s1. The number of hydrogen-bond acceptors (Lipinski definition) is 3. The third kappa shape index (κ3) is 5.32. The fraction of sp³-hybridized carbons (Fsp3) is 0.400. The minimum Gasteiger partial charge on any atom is -0.352 e. The van der Waals surface area contributed by atoms with Gasteiger partial charge in [-0.05, 0) is 55.7 Å². The van der Waals surface area contributed by atoms with E-state index in [-0.39, 0.29) is 30.1 Å². The number of anilines is 2. The molecule has 6 heteroatoms. The van der Waals surface area contributed by atoms with Gasteiger partial charge in [-0.3, -0.25) is 14.4 Å². The van der Waals surface area contributed by atoms with Gasteiger partial charge < -0.3 is 15.5 Å². The first kappa shape index (κ1) is 22.5. The number of nitrogens with zero attached hydrogens (tertiary/aromatic N) is 1. The molecule has 0 spiro atoms. The number of rotatable bonds is 6. The van der Waals surface area contributed by atoms with Crippen LogP contribution in [0.3, 0.4) is 0 Å². The van der Waals surface area contributed by atoms with Gasteiger partial charge in [-0.2, -0.15) is 0 Å². The quantitative estimate of drug-likeness (QED) is 0.743. The number of nitrogens with one attached hydrogen (secondary N) is 2. The van der Waals surface area contributed by atoms with Crippen LogP contribution in [0.15, 0.2) is 36.4 Å². The average Bonchev–Trinajstić information content (AvgIpc) is 3.09. The highest BCUT2D eigenvalue weighted by atomic mass is 16.2. The summed E-state index contributed by atoms with van der Waals surface area (Å²) in [5.41, 5.74) is 5.96. The predicted molar refractivity (Wildman–Crippen MR) is 123 cm³/mol. The zero-order valence-corrected chi connectivity index (χ0v) is 18.9. The van der Waals surface area contributed by atoms with E-state index in [1.54, 1.807) is 23.1 Å². The molecular formula is C25H31N3O3. The summed E-state index contributed by atoms with van der Waals surface area (Å²) in [7, 11) is 0. The van der Waals surface area contributed by atoms with Crippen molar-refractivity contribution in [3.63, 3.8) is 0 Å². The summed E-state index contributed by atoms with van der Waals surface area (Å²) in [5, 5.41) is 5.86. The highest BCUT2D eigenvalue weighted by Crippen LogP contribution is 2.28. The van der Waals surface area contributed by atoms with Gasteiger partial charge in [-0.25, -0.2) is 0 Å². The van der Waals surface area contributed by atoms with Crippen LogP contribution in [0, 0.1) is 32.6 Å². The summed E-state index contributed by atoms with van der Waals surface area (Å²) < 4.78 is 0. The van der Waals surface area contributed by atoms with Gasteiger partial charge in [-0.1, -0.05) is 37.6 Å². The SMILES string of the molecule is Cc1cc(C)c(CNC(=O)[C@H]2CC(=O)N(c3cccc(NC(=O)C(C)C)c3)C2)c(C)c1. The van der Waals surface area contributed by atoms with E-state index in [1.165, 1.54) is 5.56 Å². The Morgan fingerprint density at radius 1 is 1.10 bits per heavy atom. The molecule has 1 atom stereocenters. The molecule has 1 fully saturated rings. The van der Waals surface area contributed by atoms with Crippen molar-refractivity contribution in [2.75, 3.05) is 16.8 Å². The molecular weight excluding hydrogens is 390 g/mol. The zero-order chi connectivity index (χ0) is 22.7. The van der Waals surface area contributed by atoms with Gasteiger partial charge in [0.15, 0.2) is 0 Å². The molecule has 2 aromatic rings. The number of amides is 3. The van der Waals surface area contributed by atoms with Crippen LogP contribution >= 0.6 is 0 Å². The number of benzene rings is 2. The molecule has 164 valence electrons. The van der Waals surface area contributed by atoms with Crippen LogP contribution in [0.4, 0.5) is 11.4 Å².